The van der Waals surface area contributed by atoms with Crippen molar-refractivity contribution in [2.75, 3.05) is 19.6 Å². The van der Waals surface area contributed by atoms with Crippen molar-refractivity contribution >= 4 is 5.91 Å². The van der Waals surface area contributed by atoms with E-state index < -0.39 is 5.82 Å². The maximum atomic E-state index is 13.5. The Morgan fingerprint density at radius 2 is 2.33 bits per heavy atom. The number of amides is 1. The Morgan fingerprint density at radius 3 is 3.00 bits per heavy atom. The molecule has 1 heterocycles. The van der Waals surface area contributed by atoms with Crippen LogP contribution in [0.1, 0.15) is 29.3 Å². The second-order valence-electron chi connectivity index (χ2n) is 5.40. The molecule has 1 aromatic rings. The smallest absolute Gasteiger partial charge is 0.254 e. The minimum atomic E-state index is -0.465. The van der Waals surface area contributed by atoms with E-state index in [-0.39, 0.29) is 16.9 Å². The fraction of sp³-hybridized carbons (Fsp3) is 0.500. The van der Waals surface area contributed by atoms with E-state index in [0.29, 0.717) is 6.54 Å². The first kappa shape index (κ1) is 13.0. The summed E-state index contributed by atoms with van der Waals surface area (Å²) in [4.78, 5) is 11.9. The lowest BCUT2D eigenvalue weighted by atomic mass is 9.90. The molecule has 2 N–H and O–H groups in total. The highest BCUT2D eigenvalue weighted by molar-refractivity contribution is 5.94. The van der Waals surface area contributed by atoms with Gasteiger partial charge in [-0.1, -0.05) is 18.6 Å². The minimum absolute atomic E-state index is 0.0793. The van der Waals surface area contributed by atoms with Gasteiger partial charge in [0.05, 0.1) is 5.56 Å². The van der Waals surface area contributed by atoms with Gasteiger partial charge in [-0.15, -0.1) is 0 Å². The maximum Gasteiger partial charge on any atom is 0.254 e. The van der Waals surface area contributed by atoms with E-state index in [1.807, 2.05) is 6.92 Å². The molecular weight excluding hydrogens is 231 g/mol. The lowest BCUT2D eigenvalue weighted by Crippen LogP contribution is -2.37. The van der Waals surface area contributed by atoms with Gasteiger partial charge in [0.2, 0.25) is 0 Å². The highest BCUT2D eigenvalue weighted by Crippen LogP contribution is 2.23. The zero-order valence-corrected chi connectivity index (χ0v) is 10.8. The van der Waals surface area contributed by atoms with Gasteiger partial charge in [-0.05, 0) is 37.4 Å². The molecule has 18 heavy (non-hydrogen) atoms. The van der Waals surface area contributed by atoms with Gasteiger partial charge in [-0.2, -0.15) is 0 Å². The van der Waals surface area contributed by atoms with Crippen LogP contribution in [0.3, 0.4) is 0 Å². The summed E-state index contributed by atoms with van der Waals surface area (Å²) in [5.41, 5.74) is 1.09. The number of carbonyl (C=O) groups is 1. The summed E-state index contributed by atoms with van der Waals surface area (Å²) in [6.07, 6.45) is 1.03. The van der Waals surface area contributed by atoms with E-state index in [1.165, 1.54) is 6.07 Å². The lowest BCUT2D eigenvalue weighted by molar-refractivity contribution is 0.0932. The molecule has 0 radical (unpaired) electrons. The highest BCUT2D eigenvalue weighted by Gasteiger charge is 2.29. The van der Waals surface area contributed by atoms with Crippen molar-refractivity contribution < 1.29 is 9.18 Å². The molecule has 1 saturated heterocycles. The molecule has 2 rings (SSSR count). The second-order valence-corrected chi connectivity index (χ2v) is 5.40. The van der Waals surface area contributed by atoms with Crippen molar-refractivity contribution in [1.82, 2.24) is 10.6 Å². The third kappa shape index (κ3) is 2.88. The number of aryl methyl sites for hydroxylation is 1. The Labute approximate surface area is 107 Å². The average Bonchev–Trinajstić information content (AvgIpc) is 2.77. The van der Waals surface area contributed by atoms with E-state index in [2.05, 4.69) is 17.6 Å². The number of benzene rings is 1. The molecule has 1 atom stereocenters. The SMILES string of the molecule is Cc1ccc(F)c(C(=O)NCC2(C)CCNC2)c1. The van der Waals surface area contributed by atoms with Crippen molar-refractivity contribution in [3.05, 3.63) is 35.1 Å². The summed E-state index contributed by atoms with van der Waals surface area (Å²) in [5, 5.41) is 6.10. The summed E-state index contributed by atoms with van der Waals surface area (Å²) in [6, 6.07) is 4.58. The molecule has 1 unspecified atom stereocenters. The predicted octanol–water partition coefficient (Wildman–Crippen LogP) is 1.86. The first-order valence-electron chi connectivity index (χ1n) is 6.25. The summed E-state index contributed by atoms with van der Waals surface area (Å²) >= 11 is 0. The van der Waals surface area contributed by atoms with Gasteiger partial charge in [-0.3, -0.25) is 4.79 Å². The van der Waals surface area contributed by atoms with Gasteiger partial charge in [0.15, 0.2) is 0 Å². The fourth-order valence-electron chi connectivity index (χ4n) is 2.22. The van der Waals surface area contributed by atoms with Crippen LogP contribution in [-0.4, -0.2) is 25.5 Å². The molecule has 1 aliphatic heterocycles. The standard InChI is InChI=1S/C14H19FN2O/c1-10-3-4-12(15)11(7-10)13(18)17-9-14(2)5-6-16-8-14/h3-4,7,16H,5-6,8-9H2,1-2H3,(H,17,18). The van der Waals surface area contributed by atoms with E-state index in [4.69, 9.17) is 0 Å². The lowest BCUT2D eigenvalue weighted by Gasteiger charge is -2.22. The molecule has 98 valence electrons. The number of carbonyl (C=O) groups excluding carboxylic acids is 1. The van der Waals surface area contributed by atoms with Crippen LogP contribution in [0, 0.1) is 18.2 Å². The average molecular weight is 250 g/mol. The van der Waals surface area contributed by atoms with Crippen LogP contribution in [0.15, 0.2) is 18.2 Å². The number of nitrogens with one attached hydrogen (secondary N) is 2. The Hall–Kier alpha value is -1.42. The highest BCUT2D eigenvalue weighted by atomic mass is 19.1. The van der Waals surface area contributed by atoms with Gasteiger partial charge in [-0.25, -0.2) is 4.39 Å². The van der Waals surface area contributed by atoms with Crippen molar-refractivity contribution in [2.45, 2.75) is 20.3 Å². The molecule has 1 amide bonds. The number of hydrogen-bond acceptors (Lipinski definition) is 2. The predicted molar refractivity (Wildman–Crippen MR) is 69.1 cm³/mol. The topological polar surface area (TPSA) is 41.1 Å². The van der Waals surface area contributed by atoms with Crippen LogP contribution in [0.2, 0.25) is 0 Å². The summed E-state index contributed by atoms with van der Waals surface area (Å²) in [6.45, 7) is 6.42. The zero-order valence-electron chi connectivity index (χ0n) is 10.8. The first-order valence-corrected chi connectivity index (χ1v) is 6.25. The number of hydrogen-bond donors (Lipinski definition) is 2. The van der Waals surface area contributed by atoms with Crippen molar-refractivity contribution in [1.29, 1.82) is 0 Å². The van der Waals surface area contributed by atoms with E-state index >= 15 is 0 Å². The maximum absolute atomic E-state index is 13.5. The molecule has 0 bridgehead atoms. The van der Waals surface area contributed by atoms with Crippen LogP contribution in [0.25, 0.3) is 0 Å². The number of halogens is 1. The third-order valence-electron chi connectivity index (χ3n) is 3.50. The normalized spacial score (nSPS) is 23.1. The Bertz CT molecular complexity index is 453. The molecule has 1 aliphatic rings. The molecule has 4 heteroatoms. The molecule has 3 nitrogen and oxygen atoms in total. The van der Waals surface area contributed by atoms with Crippen LogP contribution >= 0.6 is 0 Å². The van der Waals surface area contributed by atoms with Crippen molar-refractivity contribution in [3.8, 4) is 0 Å². The quantitative estimate of drug-likeness (QED) is 0.859. The summed E-state index contributed by atoms with van der Waals surface area (Å²) < 4.78 is 13.5. The summed E-state index contributed by atoms with van der Waals surface area (Å²) in [7, 11) is 0. The number of rotatable bonds is 3. The molecule has 0 saturated carbocycles. The van der Waals surface area contributed by atoms with Crippen LogP contribution in [-0.2, 0) is 0 Å². The van der Waals surface area contributed by atoms with Gasteiger partial charge >= 0.3 is 0 Å². The molecule has 0 aromatic heterocycles. The molecule has 1 fully saturated rings. The molecule has 0 spiro atoms. The van der Waals surface area contributed by atoms with Crippen LogP contribution < -0.4 is 10.6 Å². The Balaban J connectivity index is 2.01. The third-order valence-corrected chi connectivity index (χ3v) is 3.50. The molecule has 0 aliphatic carbocycles. The zero-order chi connectivity index (χ0) is 13.2. The van der Waals surface area contributed by atoms with Crippen molar-refractivity contribution in [3.63, 3.8) is 0 Å². The monoisotopic (exact) mass is 250 g/mol. The van der Waals surface area contributed by atoms with Crippen LogP contribution in [0.5, 0.6) is 0 Å². The molecule has 1 aromatic carbocycles. The van der Waals surface area contributed by atoms with Gasteiger partial charge in [0.25, 0.3) is 5.91 Å². The minimum Gasteiger partial charge on any atom is -0.351 e. The van der Waals surface area contributed by atoms with Gasteiger partial charge < -0.3 is 10.6 Å². The fourth-order valence-corrected chi connectivity index (χ4v) is 2.22. The first-order chi connectivity index (χ1) is 8.50. The van der Waals surface area contributed by atoms with E-state index in [9.17, 15) is 9.18 Å². The van der Waals surface area contributed by atoms with E-state index in [1.54, 1.807) is 12.1 Å². The second kappa shape index (κ2) is 5.06. The van der Waals surface area contributed by atoms with Gasteiger partial charge in [0.1, 0.15) is 5.82 Å². The Kier molecular flexibility index (Phi) is 3.66. The Morgan fingerprint density at radius 1 is 1.56 bits per heavy atom. The van der Waals surface area contributed by atoms with Gasteiger partial charge in [0, 0.05) is 13.1 Å². The largest absolute Gasteiger partial charge is 0.351 e. The van der Waals surface area contributed by atoms with Crippen molar-refractivity contribution in [2.24, 2.45) is 5.41 Å². The summed E-state index contributed by atoms with van der Waals surface area (Å²) in [5.74, 6) is -0.794. The van der Waals surface area contributed by atoms with E-state index in [0.717, 1.165) is 25.1 Å². The molecular formula is C14H19FN2O. The van der Waals surface area contributed by atoms with Crippen LogP contribution in [0.4, 0.5) is 4.39 Å².